The van der Waals surface area contributed by atoms with Crippen LogP contribution >= 0.6 is 0 Å². The van der Waals surface area contributed by atoms with Crippen LogP contribution in [0, 0.1) is 6.92 Å². The van der Waals surface area contributed by atoms with Crippen molar-refractivity contribution >= 4 is 23.4 Å². The highest BCUT2D eigenvalue weighted by Gasteiger charge is 2.44. The fourth-order valence-electron chi connectivity index (χ4n) is 3.13. The van der Waals surface area contributed by atoms with Gasteiger partial charge in [-0.05, 0) is 27.2 Å². The number of hydrogen-bond acceptors (Lipinski definition) is 6. The first-order chi connectivity index (χ1) is 13.1. The van der Waals surface area contributed by atoms with Gasteiger partial charge < -0.3 is 15.5 Å². The molecular formula is C17H22F3N7O. The molecule has 1 aliphatic heterocycles. The van der Waals surface area contributed by atoms with E-state index in [9.17, 15) is 18.0 Å². The summed E-state index contributed by atoms with van der Waals surface area (Å²) in [5.41, 5.74) is -0.627. The molecule has 0 aromatic carbocycles. The highest BCUT2D eigenvalue weighted by molar-refractivity contribution is 5.86. The Labute approximate surface area is 160 Å². The highest BCUT2D eigenvalue weighted by Crippen LogP contribution is 2.35. The van der Waals surface area contributed by atoms with Gasteiger partial charge in [0.25, 0.3) is 0 Å². The van der Waals surface area contributed by atoms with Crippen LogP contribution < -0.4 is 10.6 Å². The number of hydrogen-bond donors (Lipinski definition) is 2. The number of likely N-dealkylation sites (N-methyl/N-ethyl adjacent to an activating group) is 1. The first-order valence-electron chi connectivity index (χ1n) is 8.83. The van der Waals surface area contributed by atoms with Gasteiger partial charge >= 0.3 is 6.18 Å². The number of amides is 1. The Bertz CT molecular complexity index is 895. The van der Waals surface area contributed by atoms with E-state index in [4.69, 9.17) is 0 Å². The largest absolute Gasteiger partial charge is 0.421 e. The number of aryl methyl sites for hydroxylation is 1. The molecule has 0 unspecified atom stereocenters. The maximum absolute atomic E-state index is 13.1. The van der Waals surface area contributed by atoms with Crippen LogP contribution in [0.15, 0.2) is 12.4 Å². The summed E-state index contributed by atoms with van der Waals surface area (Å²) < 4.78 is 40.9. The summed E-state index contributed by atoms with van der Waals surface area (Å²) >= 11 is 0. The number of alkyl halides is 3. The molecule has 1 atom stereocenters. The standard InChI is InChI=1S/C17H22F3N7O/c1-5-21-13-11(17(18,19)20)8-22-15(24-13)23-12-9-27(25-10(12)2)16(3)6-7-26(4)14(16)28/h8-9H,5-7H2,1-4H3,(H2,21,22,23,24)/t16-/m0/s1. The maximum atomic E-state index is 13.1. The number of anilines is 3. The molecule has 2 aromatic heterocycles. The van der Waals surface area contributed by atoms with Crippen LogP contribution in [0.3, 0.4) is 0 Å². The van der Waals surface area contributed by atoms with Crippen LogP contribution in [-0.4, -0.2) is 50.7 Å². The molecule has 1 amide bonds. The minimum Gasteiger partial charge on any atom is -0.370 e. The summed E-state index contributed by atoms with van der Waals surface area (Å²) in [6, 6.07) is 0. The Morgan fingerprint density at radius 2 is 2.07 bits per heavy atom. The molecule has 3 rings (SSSR count). The van der Waals surface area contributed by atoms with Gasteiger partial charge in [0.05, 0.1) is 17.6 Å². The van der Waals surface area contributed by atoms with E-state index < -0.39 is 17.3 Å². The van der Waals surface area contributed by atoms with Gasteiger partial charge in [-0.15, -0.1) is 0 Å². The van der Waals surface area contributed by atoms with Crippen molar-refractivity contribution in [2.45, 2.75) is 38.9 Å². The molecule has 1 fully saturated rings. The molecular weight excluding hydrogens is 375 g/mol. The van der Waals surface area contributed by atoms with Gasteiger partial charge in [0.1, 0.15) is 16.9 Å². The van der Waals surface area contributed by atoms with Crippen LogP contribution in [0.25, 0.3) is 0 Å². The summed E-state index contributed by atoms with van der Waals surface area (Å²) in [6.07, 6.45) is -1.55. The van der Waals surface area contributed by atoms with E-state index in [0.717, 1.165) is 6.20 Å². The van der Waals surface area contributed by atoms with Gasteiger partial charge in [-0.3, -0.25) is 9.48 Å². The van der Waals surface area contributed by atoms with Crippen molar-refractivity contribution in [1.82, 2.24) is 24.6 Å². The lowest BCUT2D eigenvalue weighted by molar-refractivity contribution is -0.137. The van der Waals surface area contributed by atoms with Crippen molar-refractivity contribution in [2.24, 2.45) is 0 Å². The fraction of sp³-hybridized carbons (Fsp3) is 0.529. The van der Waals surface area contributed by atoms with Gasteiger partial charge in [-0.25, -0.2) is 4.98 Å². The fourth-order valence-corrected chi connectivity index (χ4v) is 3.13. The molecule has 0 spiro atoms. The lowest BCUT2D eigenvalue weighted by atomic mass is 10.0. The van der Waals surface area contributed by atoms with E-state index >= 15 is 0 Å². The summed E-state index contributed by atoms with van der Waals surface area (Å²) in [6.45, 7) is 6.14. The number of carbonyl (C=O) groups is 1. The maximum Gasteiger partial charge on any atom is 0.421 e. The van der Waals surface area contributed by atoms with Crippen molar-refractivity contribution in [3.05, 3.63) is 23.7 Å². The average molecular weight is 397 g/mol. The van der Waals surface area contributed by atoms with E-state index in [1.807, 2.05) is 6.92 Å². The van der Waals surface area contributed by atoms with Crippen molar-refractivity contribution in [1.29, 1.82) is 0 Å². The zero-order valence-electron chi connectivity index (χ0n) is 16.1. The first-order valence-corrected chi connectivity index (χ1v) is 8.83. The third-order valence-corrected chi connectivity index (χ3v) is 4.83. The molecule has 28 heavy (non-hydrogen) atoms. The topological polar surface area (TPSA) is 88.0 Å². The molecule has 0 radical (unpaired) electrons. The minimum absolute atomic E-state index is 0.00613. The molecule has 2 N–H and O–H groups in total. The van der Waals surface area contributed by atoms with Crippen LogP contribution in [-0.2, 0) is 16.5 Å². The van der Waals surface area contributed by atoms with Gasteiger partial charge in [0, 0.05) is 26.3 Å². The Balaban J connectivity index is 1.90. The second-order valence-corrected chi connectivity index (χ2v) is 6.93. The Morgan fingerprint density at radius 1 is 1.36 bits per heavy atom. The minimum atomic E-state index is -4.56. The van der Waals surface area contributed by atoms with Crippen LogP contribution in [0.1, 0.15) is 31.5 Å². The van der Waals surface area contributed by atoms with E-state index in [1.54, 1.807) is 36.7 Å². The SMILES string of the molecule is CCNc1nc(Nc2cn([C@@]3(C)CCN(C)C3=O)nc2C)ncc1C(F)(F)F. The number of aromatic nitrogens is 4. The second kappa shape index (κ2) is 6.95. The van der Waals surface area contributed by atoms with Gasteiger partial charge in [-0.2, -0.15) is 23.3 Å². The van der Waals surface area contributed by atoms with E-state index in [0.29, 0.717) is 24.3 Å². The number of nitrogens with one attached hydrogen (secondary N) is 2. The van der Waals surface area contributed by atoms with Crippen LogP contribution in [0.2, 0.25) is 0 Å². The zero-order chi connectivity index (χ0) is 20.7. The molecule has 0 aliphatic carbocycles. The predicted octanol–water partition coefficient (Wildman–Crippen LogP) is 2.75. The average Bonchev–Trinajstić information content (AvgIpc) is 3.11. The highest BCUT2D eigenvalue weighted by atomic mass is 19.4. The normalized spacial score (nSPS) is 20.0. The number of likely N-dealkylation sites (tertiary alicyclic amines) is 1. The molecule has 1 saturated heterocycles. The van der Waals surface area contributed by atoms with E-state index in [1.165, 1.54) is 0 Å². The van der Waals surface area contributed by atoms with Crippen molar-refractivity contribution in [2.75, 3.05) is 30.8 Å². The van der Waals surface area contributed by atoms with E-state index in [-0.39, 0.29) is 24.2 Å². The molecule has 2 aromatic rings. The molecule has 8 nitrogen and oxygen atoms in total. The number of rotatable bonds is 5. The van der Waals surface area contributed by atoms with Crippen LogP contribution in [0.4, 0.5) is 30.6 Å². The van der Waals surface area contributed by atoms with E-state index in [2.05, 4.69) is 25.7 Å². The third kappa shape index (κ3) is 3.48. The lowest BCUT2D eigenvalue weighted by Crippen LogP contribution is -2.39. The van der Waals surface area contributed by atoms with Crippen molar-refractivity contribution < 1.29 is 18.0 Å². The Hall–Kier alpha value is -2.85. The number of nitrogens with zero attached hydrogens (tertiary/aromatic N) is 5. The molecule has 11 heteroatoms. The summed E-state index contributed by atoms with van der Waals surface area (Å²) in [4.78, 5) is 21.8. The zero-order valence-corrected chi connectivity index (χ0v) is 16.1. The summed E-state index contributed by atoms with van der Waals surface area (Å²) in [5.74, 6) is -0.328. The molecule has 0 bridgehead atoms. The van der Waals surface area contributed by atoms with Gasteiger partial charge in [0.2, 0.25) is 11.9 Å². The molecule has 152 valence electrons. The number of halogens is 3. The predicted molar refractivity (Wildman–Crippen MR) is 97.3 cm³/mol. The van der Waals surface area contributed by atoms with Crippen LogP contribution in [0.5, 0.6) is 0 Å². The summed E-state index contributed by atoms with van der Waals surface area (Å²) in [7, 11) is 1.74. The Kier molecular flexibility index (Phi) is 4.94. The lowest BCUT2D eigenvalue weighted by Gasteiger charge is -2.22. The molecule has 3 heterocycles. The first kappa shape index (κ1) is 19.9. The number of carbonyl (C=O) groups excluding carboxylic acids is 1. The quantitative estimate of drug-likeness (QED) is 0.807. The van der Waals surface area contributed by atoms with Gasteiger partial charge in [-0.1, -0.05) is 0 Å². The Morgan fingerprint density at radius 3 is 2.64 bits per heavy atom. The summed E-state index contributed by atoms with van der Waals surface area (Å²) in [5, 5.41) is 9.92. The molecule has 0 saturated carbocycles. The second-order valence-electron chi connectivity index (χ2n) is 6.93. The van der Waals surface area contributed by atoms with Crippen molar-refractivity contribution in [3.63, 3.8) is 0 Å². The molecule has 1 aliphatic rings. The third-order valence-electron chi connectivity index (χ3n) is 4.83. The smallest absolute Gasteiger partial charge is 0.370 e. The van der Waals surface area contributed by atoms with Crippen molar-refractivity contribution in [3.8, 4) is 0 Å². The van der Waals surface area contributed by atoms with Gasteiger partial charge in [0.15, 0.2) is 0 Å². The monoisotopic (exact) mass is 397 g/mol.